The molecule has 8 N–H and O–H groups in total. The summed E-state index contributed by atoms with van der Waals surface area (Å²) < 4.78 is 83.5. The predicted molar refractivity (Wildman–Crippen MR) is 279 cm³/mol. The van der Waals surface area contributed by atoms with E-state index in [-0.39, 0.29) is 51.6 Å². The van der Waals surface area contributed by atoms with Crippen LogP contribution in [0.15, 0.2) is 72.8 Å². The monoisotopic (exact) mass is 1100 g/mol. The third-order valence-electron chi connectivity index (χ3n) is 16.4. The highest BCUT2D eigenvalue weighted by Crippen LogP contribution is 2.51. The second-order valence-electron chi connectivity index (χ2n) is 21.0. The van der Waals surface area contributed by atoms with Gasteiger partial charge in [0, 0.05) is 89.6 Å². The molecule has 2 aliphatic carbocycles. The van der Waals surface area contributed by atoms with Gasteiger partial charge >= 0.3 is 0 Å². The molecule has 4 fully saturated rings. The molecule has 0 spiro atoms. The molecule has 4 aliphatic heterocycles. The number of hydrogen-bond donors (Lipinski definition) is 8. The Bertz CT molecular complexity index is 4360. The van der Waals surface area contributed by atoms with Crippen molar-refractivity contribution in [2.45, 2.75) is 87.0 Å². The number of ether oxygens (including phenoxy) is 4. The zero-order valence-corrected chi connectivity index (χ0v) is 41.7. The van der Waals surface area contributed by atoms with E-state index in [2.05, 4.69) is 9.97 Å². The first kappa shape index (κ1) is 50.7. The molecule has 0 bridgehead atoms. The van der Waals surface area contributed by atoms with E-state index >= 15 is 0 Å². The Morgan fingerprint density at radius 1 is 0.475 bits per heavy atom. The van der Waals surface area contributed by atoms with Crippen LogP contribution < -0.4 is 0 Å². The lowest BCUT2D eigenvalue weighted by Gasteiger charge is -2.41. The lowest BCUT2D eigenvalue weighted by Crippen LogP contribution is -2.56. The number of halogens is 4. The van der Waals surface area contributed by atoms with Gasteiger partial charge in [-0.3, -0.25) is 19.2 Å². The number of hydrogen-bond acceptors (Lipinski definition) is 14. The number of Topliss-reactive ketones (excluding diaryl/α,β-unsaturated/α-hetero) is 4. The molecule has 4 aromatic heterocycles. The molecule has 4 saturated heterocycles. The fraction of sp³-hybridized carbons (Fsp3) is 0.310. The fourth-order valence-corrected chi connectivity index (χ4v) is 12.9. The van der Waals surface area contributed by atoms with Crippen LogP contribution in [0.25, 0.3) is 87.2 Å². The molecule has 2 unspecified atom stereocenters. The molecule has 8 heterocycles. The van der Waals surface area contributed by atoms with Crippen molar-refractivity contribution in [1.82, 2.24) is 19.1 Å². The van der Waals surface area contributed by atoms with Crippen molar-refractivity contribution < 1.29 is 86.3 Å². The first-order chi connectivity index (χ1) is 38.6. The van der Waals surface area contributed by atoms with Gasteiger partial charge in [-0.15, -0.1) is 0 Å². The first-order valence-electron chi connectivity index (χ1n) is 26.0. The van der Waals surface area contributed by atoms with E-state index in [1.165, 1.54) is 84.1 Å². The molecule has 6 aromatic carbocycles. The molecule has 0 amide bonds. The number of carbonyl (C=O) groups is 4. The topological polar surface area (TPSA) is 271 Å². The highest BCUT2D eigenvalue weighted by Gasteiger charge is 2.58. The summed E-state index contributed by atoms with van der Waals surface area (Å²) in [4.78, 5) is 59.2. The van der Waals surface area contributed by atoms with Gasteiger partial charge in [-0.2, -0.15) is 0 Å². The van der Waals surface area contributed by atoms with E-state index < -0.39 is 121 Å². The van der Waals surface area contributed by atoms with E-state index in [9.17, 15) is 67.4 Å². The molecular weight excluding hydrogens is 1050 g/mol. The summed E-state index contributed by atoms with van der Waals surface area (Å²) in [6.45, 7) is 0.996. The molecule has 0 radical (unpaired) electrons. The number of benzene rings is 6. The van der Waals surface area contributed by atoms with Crippen LogP contribution in [0.5, 0.6) is 0 Å². The standard InChI is InChI=1S/C27H20F2N2O7.C27H18F2N2O6.C4H8O/c28-9-1-3-13-11(5-9)18-20-15(33)7-16(34)21(20)19-12-6-10(29)2-4-14(12)31(23(19)22(18)30-13)27-26(37)25(36)24(35)17(8-32)38-27;28-9-1-3-13-11(5-9)18-20-15(33)7-16(34)21(20)19-12-6-10(29)2-4-14(12)31(23(19)22(18)30-13)27-24(35)26-25(37-26)17(8-32)36-27;1-2-4-5-3-1/h1-6,17,24-27,30,32,35-37H,7-8H2;1-6,17,24-27,30,32,35H,7-8H2;1-4H2/t17-,24-,25+,26-,27?;17-,24-,25-,26+,27?;/m11./s1. The Kier molecular flexibility index (Phi) is 11.8. The van der Waals surface area contributed by atoms with Gasteiger partial charge in [0.1, 0.15) is 72.1 Å². The van der Waals surface area contributed by atoms with Gasteiger partial charge in [0.05, 0.1) is 59.2 Å². The van der Waals surface area contributed by atoms with Gasteiger partial charge in [-0.1, -0.05) is 0 Å². The van der Waals surface area contributed by atoms with Crippen molar-refractivity contribution in [2.24, 2.45) is 0 Å². The van der Waals surface area contributed by atoms with Crippen LogP contribution in [0, 0.1) is 23.3 Å². The number of aliphatic hydroxyl groups is 6. The summed E-state index contributed by atoms with van der Waals surface area (Å²) in [6.07, 6.45) is -9.73. The first-order valence-corrected chi connectivity index (χ1v) is 26.0. The van der Waals surface area contributed by atoms with Gasteiger partial charge in [0.2, 0.25) is 0 Å². The van der Waals surface area contributed by atoms with Crippen molar-refractivity contribution in [2.75, 3.05) is 26.4 Å². The van der Waals surface area contributed by atoms with Crippen molar-refractivity contribution in [3.05, 3.63) is 118 Å². The summed E-state index contributed by atoms with van der Waals surface area (Å²) >= 11 is 0. The lowest BCUT2D eigenvalue weighted by molar-refractivity contribution is -0.249. The highest BCUT2D eigenvalue weighted by atomic mass is 19.1. The molecular formula is C58H46F4N4O14. The third kappa shape index (κ3) is 7.34. The number of aromatic nitrogens is 4. The van der Waals surface area contributed by atoms with E-state index in [0.29, 0.717) is 70.9 Å². The second-order valence-corrected chi connectivity index (χ2v) is 21.0. The van der Waals surface area contributed by atoms with Crippen LogP contribution in [-0.4, -0.2) is 148 Å². The SMILES string of the molecule is C1CCOC1.O=C1CC(=O)c2c1c1c3cc(F)ccc3[nH]c1c1c2c2cc(F)ccc2n1C1O[C@H](CO)[C@@H](O)[C@H](O)[C@H]1O.O=C1CC(=O)c2c1c1c3cc(F)ccc3[nH]c1c1c2c2cc(F)ccc2n1C1O[C@H](CO)[C@H]2O[C@H]2[C@H]1O. The Morgan fingerprint density at radius 3 is 1.32 bits per heavy atom. The van der Waals surface area contributed by atoms with Crippen molar-refractivity contribution in [1.29, 1.82) is 0 Å². The van der Waals surface area contributed by atoms with Crippen molar-refractivity contribution in [3.8, 4) is 0 Å². The van der Waals surface area contributed by atoms with Crippen LogP contribution >= 0.6 is 0 Å². The molecule has 10 atom stereocenters. The Hall–Kier alpha value is -7.48. The van der Waals surface area contributed by atoms with E-state index in [1.54, 1.807) is 10.6 Å². The number of rotatable bonds is 4. The van der Waals surface area contributed by atoms with E-state index in [4.69, 9.17) is 18.9 Å². The number of nitrogens with one attached hydrogen (secondary N) is 2. The Labute approximate surface area is 446 Å². The molecule has 0 saturated carbocycles. The predicted octanol–water partition coefficient (Wildman–Crippen LogP) is 6.74. The summed E-state index contributed by atoms with van der Waals surface area (Å²) in [5.74, 6) is -3.96. The number of fused-ring (bicyclic) bond motifs is 21. The molecule has 10 aromatic rings. The van der Waals surface area contributed by atoms with Gasteiger partial charge in [0.25, 0.3) is 0 Å². The van der Waals surface area contributed by atoms with Crippen LogP contribution in [0.3, 0.4) is 0 Å². The van der Waals surface area contributed by atoms with Crippen LogP contribution in [0.2, 0.25) is 0 Å². The minimum absolute atomic E-state index is 0.0570. The lowest BCUT2D eigenvalue weighted by atomic mass is 9.96. The number of ketones is 4. The van der Waals surface area contributed by atoms with Crippen LogP contribution in [0.4, 0.5) is 17.6 Å². The minimum atomic E-state index is -1.70. The van der Waals surface area contributed by atoms with E-state index in [0.717, 1.165) is 13.2 Å². The average Bonchev–Trinajstić information content (AvgIpc) is 2.95. The Morgan fingerprint density at radius 2 is 0.887 bits per heavy atom. The normalized spacial score (nSPS) is 26.3. The molecule has 410 valence electrons. The molecule has 18 nitrogen and oxygen atoms in total. The quantitative estimate of drug-likeness (QED) is 0.0515. The fourth-order valence-electron chi connectivity index (χ4n) is 12.9. The number of carbonyl (C=O) groups excluding carboxylic acids is 4. The Balaban J connectivity index is 0.000000133. The number of nitrogens with zero attached hydrogens (tertiary/aromatic N) is 2. The van der Waals surface area contributed by atoms with Crippen LogP contribution in [0.1, 0.15) is 79.6 Å². The molecule has 6 aliphatic rings. The highest BCUT2D eigenvalue weighted by molar-refractivity contribution is 6.42. The van der Waals surface area contributed by atoms with E-state index in [1.807, 2.05) is 0 Å². The zero-order valence-electron chi connectivity index (χ0n) is 41.7. The summed E-state index contributed by atoms with van der Waals surface area (Å²) in [6, 6.07) is 16.0. The van der Waals surface area contributed by atoms with Gasteiger partial charge in [-0.25, -0.2) is 17.6 Å². The maximum atomic E-state index is 14.6. The summed E-state index contributed by atoms with van der Waals surface area (Å²) in [5, 5.41) is 65.4. The largest absolute Gasteiger partial charge is 0.394 e. The number of H-pyrrole nitrogens is 2. The van der Waals surface area contributed by atoms with Crippen molar-refractivity contribution in [3.63, 3.8) is 0 Å². The van der Waals surface area contributed by atoms with Gasteiger partial charge in [-0.05, 0) is 85.6 Å². The smallest absolute Gasteiger partial charge is 0.172 e. The number of aliphatic hydroxyl groups excluding tert-OH is 6. The third-order valence-corrected chi connectivity index (χ3v) is 16.4. The zero-order chi connectivity index (χ0) is 55.5. The van der Waals surface area contributed by atoms with Gasteiger partial charge in [0.15, 0.2) is 35.6 Å². The van der Waals surface area contributed by atoms with Crippen molar-refractivity contribution >= 4 is 110 Å². The summed E-state index contributed by atoms with van der Waals surface area (Å²) in [7, 11) is 0. The number of aromatic amines is 2. The minimum Gasteiger partial charge on any atom is -0.394 e. The second kappa shape index (κ2) is 18.5. The van der Waals surface area contributed by atoms with Gasteiger partial charge < -0.3 is 68.7 Å². The molecule has 22 heteroatoms. The molecule has 16 rings (SSSR count). The maximum Gasteiger partial charge on any atom is 0.172 e. The number of epoxide rings is 1. The summed E-state index contributed by atoms with van der Waals surface area (Å²) in [5.41, 5.74) is 3.68. The maximum absolute atomic E-state index is 14.6. The average molecular weight is 1100 g/mol. The molecule has 80 heavy (non-hydrogen) atoms. The van der Waals surface area contributed by atoms with Crippen LogP contribution in [-0.2, 0) is 18.9 Å².